The number of ether oxygens (including phenoxy) is 1. The highest BCUT2D eigenvalue weighted by molar-refractivity contribution is 5.65. The molecule has 6 nitrogen and oxygen atoms in total. The highest BCUT2D eigenvalue weighted by Gasteiger charge is 2.07. The van der Waals surface area contributed by atoms with Crippen molar-refractivity contribution in [3.05, 3.63) is 10.1 Å². The highest BCUT2D eigenvalue weighted by Crippen LogP contribution is 2.13. The van der Waals surface area contributed by atoms with Crippen LogP contribution in [0, 0.1) is 10.1 Å². The first-order chi connectivity index (χ1) is 12.2. The molecule has 0 spiro atoms. The van der Waals surface area contributed by atoms with Crippen LogP contribution in [0.2, 0.25) is 0 Å². The SMILES string of the molecule is CCCCCCCCCCCCCCCCCCOC(=O)N[N+](=O)[O-]. The van der Waals surface area contributed by atoms with Crippen LogP contribution in [-0.2, 0) is 4.74 Å². The molecule has 6 heteroatoms. The summed E-state index contributed by atoms with van der Waals surface area (Å²) in [6.07, 6.45) is 19.6. The minimum atomic E-state index is -0.981. The van der Waals surface area contributed by atoms with Crippen LogP contribution < -0.4 is 5.43 Å². The van der Waals surface area contributed by atoms with Gasteiger partial charge in [-0.25, -0.2) is 14.9 Å². The second-order valence-corrected chi connectivity index (χ2v) is 6.81. The van der Waals surface area contributed by atoms with Crippen LogP contribution >= 0.6 is 0 Å². The van der Waals surface area contributed by atoms with Gasteiger partial charge >= 0.3 is 6.09 Å². The molecule has 25 heavy (non-hydrogen) atoms. The highest BCUT2D eigenvalue weighted by atomic mass is 16.7. The first kappa shape index (κ1) is 23.7. The summed E-state index contributed by atoms with van der Waals surface area (Å²) in [6.45, 7) is 2.51. The summed E-state index contributed by atoms with van der Waals surface area (Å²) >= 11 is 0. The van der Waals surface area contributed by atoms with Gasteiger partial charge in [0.25, 0.3) is 0 Å². The third kappa shape index (κ3) is 20.6. The van der Waals surface area contributed by atoms with Crippen molar-refractivity contribution in [2.75, 3.05) is 6.61 Å². The fourth-order valence-electron chi connectivity index (χ4n) is 2.92. The Labute approximate surface area is 153 Å². The molecular formula is C19H38N2O4. The van der Waals surface area contributed by atoms with E-state index in [-0.39, 0.29) is 6.61 Å². The molecule has 0 heterocycles. The molecule has 0 aromatic carbocycles. The molecule has 0 rings (SSSR count). The third-order valence-corrected chi connectivity index (χ3v) is 4.41. The lowest BCUT2D eigenvalue weighted by atomic mass is 10.0. The number of carbonyl (C=O) groups is 1. The quantitative estimate of drug-likeness (QED) is 0.180. The number of nitro groups is 1. The normalized spacial score (nSPS) is 10.6. The van der Waals surface area contributed by atoms with E-state index >= 15 is 0 Å². The van der Waals surface area contributed by atoms with Crippen LogP contribution in [0.25, 0.3) is 0 Å². The lowest BCUT2D eigenvalue weighted by molar-refractivity contribution is -0.530. The van der Waals surface area contributed by atoms with Crippen LogP contribution in [0.1, 0.15) is 110 Å². The molecule has 0 aliphatic carbocycles. The van der Waals surface area contributed by atoms with E-state index in [1.807, 2.05) is 0 Å². The van der Waals surface area contributed by atoms with Crippen molar-refractivity contribution in [1.29, 1.82) is 0 Å². The second kappa shape index (κ2) is 19.0. The van der Waals surface area contributed by atoms with E-state index in [0.717, 1.165) is 19.3 Å². The van der Waals surface area contributed by atoms with E-state index in [9.17, 15) is 14.9 Å². The number of hydrogen-bond donors (Lipinski definition) is 1. The van der Waals surface area contributed by atoms with Crippen LogP contribution in [0.5, 0.6) is 0 Å². The zero-order valence-electron chi connectivity index (χ0n) is 16.1. The van der Waals surface area contributed by atoms with Gasteiger partial charge in [0, 0.05) is 0 Å². The van der Waals surface area contributed by atoms with Gasteiger partial charge in [-0.2, -0.15) is 0 Å². The Kier molecular flexibility index (Phi) is 18.0. The van der Waals surface area contributed by atoms with Gasteiger partial charge in [0.15, 0.2) is 5.03 Å². The predicted octanol–water partition coefficient (Wildman–Crippen LogP) is 6.17. The minimum Gasteiger partial charge on any atom is -0.446 e. The van der Waals surface area contributed by atoms with Crippen molar-refractivity contribution in [1.82, 2.24) is 5.43 Å². The molecule has 148 valence electrons. The van der Waals surface area contributed by atoms with Gasteiger partial charge in [0.2, 0.25) is 0 Å². The number of carbonyl (C=O) groups excluding carboxylic acids is 1. The monoisotopic (exact) mass is 358 g/mol. The van der Waals surface area contributed by atoms with E-state index in [1.165, 1.54) is 88.9 Å². The van der Waals surface area contributed by atoms with Crippen molar-refractivity contribution in [2.24, 2.45) is 0 Å². The van der Waals surface area contributed by atoms with Crippen molar-refractivity contribution in [2.45, 2.75) is 110 Å². The molecular weight excluding hydrogens is 320 g/mol. The topological polar surface area (TPSA) is 81.5 Å². The third-order valence-electron chi connectivity index (χ3n) is 4.41. The van der Waals surface area contributed by atoms with Crippen molar-refractivity contribution in [3.63, 3.8) is 0 Å². The molecule has 0 saturated carbocycles. The summed E-state index contributed by atoms with van der Waals surface area (Å²) in [5.74, 6) is 0. The number of unbranched alkanes of at least 4 members (excludes halogenated alkanes) is 15. The molecule has 0 aliphatic heterocycles. The average molecular weight is 359 g/mol. The molecule has 0 saturated heterocycles. The first-order valence-electron chi connectivity index (χ1n) is 10.2. The van der Waals surface area contributed by atoms with Gasteiger partial charge in [-0.05, 0) is 11.8 Å². The zero-order valence-corrected chi connectivity index (χ0v) is 16.1. The maximum Gasteiger partial charge on any atom is 0.465 e. The number of nitrogens with zero attached hydrogens (tertiary/aromatic N) is 1. The Bertz CT molecular complexity index is 325. The number of nitrogens with one attached hydrogen (secondary N) is 1. The van der Waals surface area contributed by atoms with Crippen LogP contribution in [0.3, 0.4) is 0 Å². The minimum absolute atomic E-state index is 0.248. The molecule has 0 aliphatic rings. The number of hydrazine groups is 1. The molecule has 0 unspecified atom stereocenters. The molecule has 0 radical (unpaired) electrons. The molecule has 0 aromatic rings. The molecule has 1 N–H and O–H groups in total. The molecule has 0 fully saturated rings. The van der Waals surface area contributed by atoms with E-state index in [1.54, 1.807) is 0 Å². The van der Waals surface area contributed by atoms with E-state index in [4.69, 9.17) is 0 Å². The standard InChI is InChI=1S/C19H38N2O4/c1-2-3-4-5-6-7-8-9-10-11-12-13-14-15-16-17-18-25-19(22)20-21(23)24/h2-18H2,1H3,(H,20,22). The van der Waals surface area contributed by atoms with Crippen LogP contribution in [0.4, 0.5) is 4.79 Å². The summed E-state index contributed by atoms with van der Waals surface area (Å²) in [5.41, 5.74) is 1.46. The summed E-state index contributed by atoms with van der Waals surface area (Å²) in [5, 5.41) is 9.08. The molecule has 0 bridgehead atoms. The lowest BCUT2D eigenvalue weighted by Gasteiger charge is -2.04. The van der Waals surface area contributed by atoms with Gasteiger partial charge in [0.1, 0.15) is 0 Å². The number of hydrogen-bond acceptors (Lipinski definition) is 4. The Balaban J connectivity index is 3.07. The maximum absolute atomic E-state index is 10.8. The number of rotatable bonds is 18. The summed E-state index contributed by atoms with van der Waals surface area (Å²) < 4.78 is 4.68. The zero-order chi connectivity index (χ0) is 18.6. The average Bonchev–Trinajstić information content (AvgIpc) is 2.57. The van der Waals surface area contributed by atoms with Crippen molar-refractivity contribution in [3.8, 4) is 0 Å². The molecule has 0 aromatic heterocycles. The van der Waals surface area contributed by atoms with Gasteiger partial charge in [-0.1, -0.05) is 103 Å². The van der Waals surface area contributed by atoms with Gasteiger partial charge < -0.3 is 4.74 Å². The molecule has 0 atom stereocenters. The van der Waals surface area contributed by atoms with Gasteiger partial charge in [-0.15, -0.1) is 0 Å². The van der Waals surface area contributed by atoms with Crippen LogP contribution in [-0.4, -0.2) is 17.7 Å². The Morgan fingerprint density at radius 3 is 1.48 bits per heavy atom. The first-order valence-corrected chi connectivity index (χ1v) is 10.2. The summed E-state index contributed by atoms with van der Waals surface area (Å²) in [4.78, 5) is 20.8. The van der Waals surface area contributed by atoms with Crippen LogP contribution in [0.15, 0.2) is 0 Å². The van der Waals surface area contributed by atoms with Crippen molar-refractivity contribution < 1.29 is 14.6 Å². The largest absolute Gasteiger partial charge is 0.465 e. The lowest BCUT2D eigenvalue weighted by Crippen LogP contribution is -2.30. The predicted molar refractivity (Wildman–Crippen MR) is 101 cm³/mol. The van der Waals surface area contributed by atoms with Gasteiger partial charge in [-0.3, -0.25) is 0 Å². The van der Waals surface area contributed by atoms with E-state index < -0.39 is 11.1 Å². The van der Waals surface area contributed by atoms with Gasteiger partial charge in [0.05, 0.1) is 6.61 Å². The van der Waals surface area contributed by atoms with Crippen molar-refractivity contribution >= 4 is 6.09 Å². The Morgan fingerprint density at radius 2 is 1.12 bits per heavy atom. The smallest absolute Gasteiger partial charge is 0.446 e. The fraction of sp³-hybridized carbons (Fsp3) is 0.947. The number of amides is 1. The summed E-state index contributed by atoms with van der Waals surface area (Å²) in [6, 6.07) is 0. The van der Waals surface area contributed by atoms with E-state index in [2.05, 4.69) is 11.7 Å². The summed E-state index contributed by atoms with van der Waals surface area (Å²) in [7, 11) is 0. The Hall–Kier alpha value is -1.33. The maximum atomic E-state index is 10.8. The second-order valence-electron chi connectivity index (χ2n) is 6.81. The van der Waals surface area contributed by atoms with E-state index in [0.29, 0.717) is 0 Å². The Morgan fingerprint density at radius 1 is 0.760 bits per heavy atom. The molecule has 1 amide bonds. The fourth-order valence-corrected chi connectivity index (χ4v) is 2.92.